The summed E-state index contributed by atoms with van der Waals surface area (Å²) >= 11 is 0. The molecule has 3 aromatic rings. The first-order chi connectivity index (χ1) is 8.63. The quantitative estimate of drug-likeness (QED) is 0.660. The van der Waals surface area contributed by atoms with Gasteiger partial charge in [-0.05, 0) is 37.1 Å². The highest BCUT2D eigenvalue weighted by molar-refractivity contribution is 5.68. The number of nitrogens with two attached hydrogens (primary N) is 1. The first kappa shape index (κ1) is 10.8. The molecule has 90 valence electrons. The lowest BCUT2D eigenvalue weighted by Crippen LogP contribution is -1.89. The van der Waals surface area contributed by atoms with Crippen molar-refractivity contribution in [1.82, 2.24) is 9.38 Å². The van der Waals surface area contributed by atoms with Crippen LogP contribution in [0.2, 0.25) is 0 Å². The summed E-state index contributed by atoms with van der Waals surface area (Å²) in [5.41, 5.74) is 12.0. The van der Waals surface area contributed by atoms with E-state index >= 15 is 0 Å². The maximum Gasteiger partial charge on any atom is 0.137 e. The smallest absolute Gasteiger partial charge is 0.137 e. The Morgan fingerprint density at radius 3 is 2.67 bits per heavy atom. The molecule has 0 amide bonds. The van der Waals surface area contributed by atoms with Gasteiger partial charge in [0, 0.05) is 23.6 Å². The number of aryl methyl sites for hydroxylation is 2. The fourth-order valence-corrected chi connectivity index (χ4v) is 2.04. The Balaban J connectivity index is 2.16. The summed E-state index contributed by atoms with van der Waals surface area (Å²) in [7, 11) is 0. The minimum atomic E-state index is 0.806. The molecule has 0 bridgehead atoms. The van der Waals surface area contributed by atoms with Crippen LogP contribution in [0.1, 0.15) is 11.1 Å². The number of rotatable bonds is 1. The summed E-state index contributed by atoms with van der Waals surface area (Å²) in [6.07, 6.45) is 4.11. The summed E-state index contributed by atoms with van der Waals surface area (Å²) in [6.45, 7) is 4.08. The Kier molecular flexibility index (Phi) is 2.33. The first-order valence-corrected chi connectivity index (χ1v) is 5.95. The van der Waals surface area contributed by atoms with Gasteiger partial charge < -0.3 is 10.1 Å². The van der Waals surface area contributed by atoms with E-state index in [1.165, 1.54) is 5.56 Å². The average Bonchev–Trinajstić information content (AvgIpc) is 2.75. The topological polar surface area (TPSA) is 43.3 Å². The molecule has 0 aliphatic rings. The summed E-state index contributed by atoms with van der Waals surface area (Å²) in [4.78, 5) is 4.60. The Morgan fingerprint density at radius 2 is 1.89 bits per heavy atom. The zero-order valence-electron chi connectivity index (χ0n) is 10.5. The highest BCUT2D eigenvalue weighted by atomic mass is 15.0. The van der Waals surface area contributed by atoms with Gasteiger partial charge in [0.2, 0.25) is 0 Å². The number of hydrogen-bond donors (Lipinski definition) is 1. The molecule has 2 N–H and O–H groups in total. The van der Waals surface area contributed by atoms with E-state index in [-0.39, 0.29) is 0 Å². The van der Waals surface area contributed by atoms with E-state index in [2.05, 4.69) is 30.2 Å². The van der Waals surface area contributed by atoms with Crippen LogP contribution in [0.4, 0.5) is 5.69 Å². The molecule has 3 rings (SSSR count). The summed E-state index contributed by atoms with van der Waals surface area (Å²) < 4.78 is 2.04. The third kappa shape index (κ3) is 1.74. The number of nitrogens with zero attached hydrogens (tertiary/aromatic N) is 2. The van der Waals surface area contributed by atoms with E-state index in [1.807, 2.05) is 35.7 Å². The maximum atomic E-state index is 5.94. The second kappa shape index (κ2) is 3.88. The summed E-state index contributed by atoms with van der Waals surface area (Å²) in [5.74, 6) is 0. The van der Waals surface area contributed by atoms with Crippen LogP contribution in [-0.4, -0.2) is 9.38 Å². The van der Waals surface area contributed by atoms with Gasteiger partial charge in [-0.25, -0.2) is 4.98 Å². The van der Waals surface area contributed by atoms with Crippen LogP contribution in [0.15, 0.2) is 42.7 Å². The van der Waals surface area contributed by atoms with Crippen molar-refractivity contribution >= 4 is 11.3 Å². The van der Waals surface area contributed by atoms with E-state index < -0.39 is 0 Å². The van der Waals surface area contributed by atoms with Crippen LogP contribution in [0.25, 0.3) is 16.9 Å². The Hall–Kier alpha value is -2.29. The third-order valence-corrected chi connectivity index (χ3v) is 3.17. The van der Waals surface area contributed by atoms with Gasteiger partial charge >= 0.3 is 0 Å². The highest BCUT2D eigenvalue weighted by Crippen LogP contribution is 2.23. The molecule has 1 aromatic carbocycles. The van der Waals surface area contributed by atoms with Gasteiger partial charge in [-0.15, -0.1) is 0 Å². The zero-order valence-corrected chi connectivity index (χ0v) is 10.5. The monoisotopic (exact) mass is 237 g/mol. The predicted octanol–water partition coefficient (Wildman–Crippen LogP) is 3.20. The van der Waals surface area contributed by atoms with Crippen LogP contribution < -0.4 is 5.73 Å². The molecule has 3 nitrogen and oxygen atoms in total. The van der Waals surface area contributed by atoms with Gasteiger partial charge in [0.05, 0.1) is 5.69 Å². The predicted molar refractivity (Wildman–Crippen MR) is 74.5 cm³/mol. The van der Waals surface area contributed by atoms with Crippen molar-refractivity contribution in [3.63, 3.8) is 0 Å². The highest BCUT2D eigenvalue weighted by Gasteiger charge is 2.05. The Bertz CT molecular complexity index is 726. The summed E-state index contributed by atoms with van der Waals surface area (Å²) in [5, 5.41) is 0. The molecular weight excluding hydrogens is 222 g/mol. The third-order valence-electron chi connectivity index (χ3n) is 3.17. The van der Waals surface area contributed by atoms with Crippen molar-refractivity contribution in [3.05, 3.63) is 53.9 Å². The number of nitrogen functional groups attached to an aromatic ring is 1. The molecule has 0 fully saturated rings. The molecule has 0 aliphatic carbocycles. The molecule has 2 aromatic heterocycles. The van der Waals surface area contributed by atoms with Gasteiger partial charge in [0.15, 0.2) is 0 Å². The molecule has 0 aliphatic heterocycles. The van der Waals surface area contributed by atoms with Gasteiger partial charge in [-0.3, -0.25) is 0 Å². The summed E-state index contributed by atoms with van der Waals surface area (Å²) in [6, 6.07) is 10.1. The number of benzene rings is 1. The first-order valence-electron chi connectivity index (χ1n) is 5.95. The molecule has 2 heterocycles. The van der Waals surface area contributed by atoms with E-state index in [4.69, 9.17) is 5.73 Å². The van der Waals surface area contributed by atoms with Crippen LogP contribution in [-0.2, 0) is 0 Å². The van der Waals surface area contributed by atoms with E-state index in [1.54, 1.807) is 0 Å². The molecular formula is C15H15N3. The van der Waals surface area contributed by atoms with Crippen LogP contribution in [0.5, 0.6) is 0 Å². The standard InChI is InChI=1S/C15H15N3/c1-10-3-6-15-17-14(9-18(15)8-10)12-5-4-11(2)13(16)7-12/h3-9H,16H2,1-2H3. The largest absolute Gasteiger partial charge is 0.398 e. The number of anilines is 1. The SMILES string of the molecule is Cc1ccc2nc(-c3ccc(C)c(N)c3)cn2c1. The molecule has 3 heteroatoms. The molecule has 0 saturated heterocycles. The van der Waals surface area contributed by atoms with Crippen molar-refractivity contribution in [2.24, 2.45) is 0 Å². The van der Waals surface area contributed by atoms with Crippen molar-refractivity contribution in [1.29, 1.82) is 0 Å². The lowest BCUT2D eigenvalue weighted by molar-refractivity contribution is 1.16. The van der Waals surface area contributed by atoms with E-state index in [9.17, 15) is 0 Å². The fourth-order valence-electron chi connectivity index (χ4n) is 2.04. The van der Waals surface area contributed by atoms with E-state index in [0.29, 0.717) is 0 Å². The number of imidazole rings is 1. The van der Waals surface area contributed by atoms with Gasteiger partial charge in [-0.1, -0.05) is 18.2 Å². The van der Waals surface area contributed by atoms with Crippen LogP contribution in [0, 0.1) is 13.8 Å². The number of aromatic nitrogens is 2. The number of fused-ring (bicyclic) bond motifs is 1. The fraction of sp³-hybridized carbons (Fsp3) is 0.133. The van der Waals surface area contributed by atoms with Crippen molar-refractivity contribution < 1.29 is 0 Å². The van der Waals surface area contributed by atoms with Crippen molar-refractivity contribution in [2.45, 2.75) is 13.8 Å². The van der Waals surface area contributed by atoms with Gasteiger partial charge in [0.25, 0.3) is 0 Å². The lowest BCUT2D eigenvalue weighted by atomic mass is 10.1. The molecule has 0 unspecified atom stereocenters. The van der Waals surface area contributed by atoms with Crippen LogP contribution >= 0.6 is 0 Å². The molecule has 0 saturated carbocycles. The lowest BCUT2D eigenvalue weighted by Gasteiger charge is -2.01. The molecule has 18 heavy (non-hydrogen) atoms. The van der Waals surface area contributed by atoms with Crippen LogP contribution in [0.3, 0.4) is 0 Å². The normalized spacial score (nSPS) is 11.0. The molecule has 0 atom stereocenters. The van der Waals surface area contributed by atoms with Gasteiger partial charge in [-0.2, -0.15) is 0 Å². The minimum Gasteiger partial charge on any atom is -0.398 e. The second-order valence-electron chi connectivity index (χ2n) is 4.67. The number of pyridine rings is 1. The van der Waals surface area contributed by atoms with Crippen molar-refractivity contribution in [3.8, 4) is 11.3 Å². The molecule has 0 radical (unpaired) electrons. The Morgan fingerprint density at radius 1 is 1.06 bits per heavy atom. The average molecular weight is 237 g/mol. The maximum absolute atomic E-state index is 5.94. The Labute approximate surface area is 106 Å². The second-order valence-corrected chi connectivity index (χ2v) is 4.67. The van der Waals surface area contributed by atoms with Gasteiger partial charge in [0.1, 0.15) is 5.65 Å². The molecule has 0 spiro atoms. The van der Waals surface area contributed by atoms with E-state index in [0.717, 1.165) is 28.2 Å². The van der Waals surface area contributed by atoms with Crippen molar-refractivity contribution in [2.75, 3.05) is 5.73 Å². The zero-order chi connectivity index (χ0) is 12.7. The number of hydrogen-bond acceptors (Lipinski definition) is 2. The minimum absolute atomic E-state index is 0.806.